The first-order valence-electron chi connectivity index (χ1n) is 7.49. The summed E-state index contributed by atoms with van der Waals surface area (Å²) < 4.78 is 57.5. The highest BCUT2D eigenvalue weighted by Crippen LogP contribution is 2.34. The van der Waals surface area contributed by atoms with Gasteiger partial charge >= 0.3 is 12.1 Å². The second-order valence-electron chi connectivity index (χ2n) is 5.09. The van der Waals surface area contributed by atoms with E-state index in [1.54, 1.807) is 20.9 Å². The number of aromatic nitrogens is 2. The Labute approximate surface area is 145 Å². The Morgan fingerprint density at radius 2 is 2.00 bits per heavy atom. The molecule has 25 heavy (non-hydrogen) atoms. The maximum Gasteiger partial charge on any atom is 0.416 e. The number of carbonyl (C=O) groups is 1. The number of hydrogen-bond donors (Lipinski definition) is 0. The van der Waals surface area contributed by atoms with Crippen molar-refractivity contribution in [2.24, 2.45) is 7.05 Å². The normalized spacial score (nSPS) is 12.9. The van der Waals surface area contributed by atoms with Crippen LogP contribution >= 0.6 is 0 Å². The maximum absolute atomic E-state index is 13.0. The third-order valence-corrected chi connectivity index (χ3v) is 4.88. The zero-order chi connectivity index (χ0) is 18.8. The molecule has 0 aliphatic carbocycles. The highest BCUT2D eigenvalue weighted by Gasteiger charge is 2.32. The fourth-order valence-corrected chi connectivity index (χ4v) is 3.26. The Morgan fingerprint density at radius 1 is 1.32 bits per heavy atom. The van der Waals surface area contributed by atoms with Gasteiger partial charge in [-0.05, 0) is 25.1 Å². The average molecular weight is 374 g/mol. The molecule has 0 spiro atoms. The van der Waals surface area contributed by atoms with E-state index in [-0.39, 0.29) is 34.3 Å². The molecule has 0 aliphatic heterocycles. The number of carbonyl (C=O) groups excluding carboxylic acids is 1. The van der Waals surface area contributed by atoms with Crippen LogP contribution < -0.4 is 0 Å². The minimum atomic E-state index is -4.54. The zero-order valence-corrected chi connectivity index (χ0v) is 14.7. The lowest BCUT2D eigenvalue weighted by molar-refractivity contribution is -0.137. The van der Waals surface area contributed by atoms with Crippen molar-refractivity contribution < 1.29 is 26.9 Å². The van der Waals surface area contributed by atoms with Crippen molar-refractivity contribution in [2.75, 3.05) is 12.4 Å². The molecule has 2 aromatic rings. The van der Waals surface area contributed by atoms with Gasteiger partial charge in [0.2, 0.25) is 0 Å². The Bertz CT molecular complexity index is 815. The lowest BCUT2D eigenvalue weighted by Gasteiger charge is -2.13. The number of imidazole rings is 1. The standard InChI is InChI=1S/C16H17F3N2O3S/c1-4-24-15(22)12-9-20-14(21(12)3)11-7-6-10(16(17,18)19)8-13(11)25(23)5-2/h6-9H,4-5H2,1-3H3. The Morgan fingerprint density at radius 3 is 2.56 bits per heavy atom. The predicted molar refractivity (Wildman–Crippen MR) is 86.6 cm³/mol. The third kappa shape index (κ3) is 3.92. The monoisotopic (exact) mass is 374 g/mol. The summed E-state index contributed by atoms with van der Waals surface area (Å²) >= 11 is 0. The van der Waals surface area contributed by atoms with Gasteiger partial charge in [0, 0.05) is 18.4 Å². The number of alkyl halides is 3. The molecule has 136 valence electrons. The summed E-state index contributed by atoms with van der Waals surface area (Å²) in [5.74, 6) is -0.189. The largest absolute Gasteiger partial charge is 0.461 e. The smallest absolute Gasteiger partial charge is 0.416 e. The van der Waals surface area contributed by atoms with Gasteiger partial charge in [0.25, 0.3) is 0 Å². The first kappa shape index (κ1) is 19.2. The molecule has 0 aliphatic rings. The van der Waals surface area contributed by atoms with Gasteiger partial charge in [0.15, 0.2) is 0 Å². The summed E-state index contributed by atoms with van der Waals surface area (Å²) in [6.45, 7) is 3.46. The number of halogens is 3. The van der Waals surface area contributed by atoms with Gasteiger partial charge in [0.1, 0.15) is 11.5 Å². The van der Waals surface area contributed by atoms with Crippen LogP contribution in [-0.2, 0) is 28.8 Å². The quantitative estimate of drug-likeness (QED) is 0.753. The maximum atomic E-state index is 13.0. The SMILES string of the molecule is CCOC(=O)c1cnc(-c2ccc(C(F)(F)F)cc2S(=O)CC)n1C. The Kier molecular flexibility index (Phi) is 5.66. The van der Waals surface area contributed by atoms with E-state index in [2.05, 4.69) is 4.98 Å². The van der Waals surface area contributed by atoms with E-state index < -0.39 is 28.5 Å². The number of esters is 1. The second-order valence-corrected chi connectivity index (χ2v) is 6.80. The molecule has 0 saturated carbocycles. The van der Waals surface area contributed by atoms with Crippen LogP contribution in [0, 0.1) is 0 Å². The fourth-order valence-electron chi connectivity index (χ4n) is 2.28. The van der Waals surface area contributed by atoms with Gasteiger partial charge < -0.3 is 9.30 Å². The fraction of sp³-hybridized carbons (Fsp3) is 0.375. The van der Waals surface area contributed by atoms with Gasteiger partial charge in [-0.25, -0.2) is 9.78 Å². The summed E-state index contributed by atoms with van der Waals surface area (Å²) in [4.78, 5) is 16.0. The van der Waals surface area contributed by atoms with E-state index in [1.165, 1.54) is 16.8 Å². The van der Waals surface area contributed by atoms with Crippen LogP contribution in [0.4, 0.5) is 13.2 Å². The minimum Gasteiger partial charge on any atom is -0.461 e. The molecule has 1 aromatic carbocycles. The van der Waals surface area contributed by atoms with Crippen molar-refractivity contribution in [1.82, 2.24) is 9.55 Å². The van der Waals surface area contributed by atoms with Crippen molar-refractivity contribution in [3.05, 3.63) is 35.7 Å². The van der Waals surface area contributed by atoms with E-state index in [4.69, 9.17) is 4.74 Å². The van der Waals surface area contributed by atoms with Crippen LogP contribution in [0.25, 0.3) is 11.4 Å². The van der Waals surface area contributed by atoms with Crippen molar-refractivity contribution >= 4 is 16.8 Å². The number of benzene rings is 1. The molecule has 0 bridgehead atoms. The molecule has 5 nitrogen and oxygen atoms in total. The Hall–Kier alpha value is -2.16. The molecule has 1 aromatic heterocycles. The molecule has 0 amide bonds. The van der Waals surface area contributed by atoms with Crippen LogP contribution in [0.15, 0.2) is 29.3 Å². The van der Waals surface area contributed by atoms with Crippen LogP contribution in [0.3, 0.4) is 0 Å². The molecule has 0 saturated heterocycles. The van der Waals surface area contributed by atoms with E-state index in [9.17, 15) is 22.2 Å². The van der Waals surface area contributed by atoms with Gasteiger partial charge in [-0.3, -0.25) is 4.21 Å². The molecule has 9 heteroatoms. The van der Waals surface area contributed by atoms with Crippen molar-refractivity contribution in [3.63, 3.8) is 0 Å². The van der Waals surface area contributed by atoms with Crippen LogP contribution in [0.5, 0.6) is 0 Å². The lowest BCUT2D eigenvalue weighted by Crippen LogP contribution is -2.11. The van der Waals surface area contributed by atoms with Gasteiger partial charge in [-0.1, -0.05) is 6.92 Å². The van der Waals surface area contributed by atoms with Crippen LogP contribution in [0.1, 0.15) is 29.9 Å². The molecular formula is C16H17F3N2O3S. The molecule has 2 rings (SSSR count). The number of nitrogens with zero attached hydrogens (tertiary/aromatic N) is 2. The van der Waals surface area contributed by atoms with Crippen molar-refractivity contribution in [2.45, 2.75) is 24.9 Å². The summed E-state index contributed by atoms with van der Waals surface area (Å²) in [7, 11) is -0.0836. The molecule has 1 atom stereocenters. The zero-order valence-electron chi connectivity index (χ0n) is 13.9. The summed E-state index contributed by atoms with van der Waals surface area (Å²) in [5, 5.41) is 0. The van der Waals surface area contributed by atoms with Crippen LogP contribution in [0.2, 0.25) is 0 Å². The Balaban J connectivity index is 2.59. The van der Waals surface area contributed by atoms with Gasteiger partial charge in [-0.2, -0.15) is 13.2 Å². The minimum absolute atomic E-state index is 0.0291. The van der Waals surface area contributed by atoms with E-state index in [0.29, 0.717) is 0 Å². The number of hydrogen-bond acceptors (Lipinski definition) is 4. The van der Waals surface area contributed by atoms with E-state index >= 15 is 0 Å². The topological polar surface area (TPSA) is 61.2 Å². The first-order chi connectivity index (χ1) is 11.7. The van der Waals surface area contributed by atoms with Gasteiger partial charge in [0.05, 0.1) is 34.1 Å². The first-order valence-corrected chi connectivity index (χ1v) is 8.81. The molecule has 0 radical (unpaired) electrons. The van der Waals surface area contributed by atoms with E-state index in [0.717, 1.165) is 12.1 Å². The average Bonchev–Trinajstić information content (AvgIpc) is 2.94. The molecule has 1 unspecified atom stereocenters. The lowest BCUT2D eigenvalue weighted by atomic mass is 10.1. The second kappa shape index (κ2) is 7.38. The van der Waals surface area contributed by atoms with Crippen LogP contribution in [-0.4, -0.2) is 32.1 Å². The number of ether oxygens (including phenoxy) is 1. The summed E-state index contributed by atoms with van der Waals surface area (Å²) in [6, 6.07) is 3.00. The summed E-state index contributed by atoms with van der Waals surface area (Å²) in [6.07, 6.45) is -3.26. The molecular weight excluding hydrogens is 357 g/mol. The number of rotatable bonds is 5. The van der Waals surface area contributed by atoms with Gasteiger partial charge in [-0.15, -0.1) is 0 Å². The molecule has 0 N–H and O–H groups in total. The van der Waals surface area contributed by atoms with E-state index in [1.807, 2.05) is 0 Å². The molecule has 1 heterocycles. The highest BCUT2D eigenvalue weighted by molar-refractivity contribution is 7.85. The summed E-state index contributed by atoms with van der Waals surface area (Å²) in [5.41, 5.74) is -0.441. The highest BCUT2D eigenvalue weighted by atomic mass is 32.2. The van der Waals surface area contributed by atoms with Crippen molar-refractivity contribution in [1.29, 1.82) is 0 Å². The third-order valence-electron chi connectivity index (χ3n) is 3.53. The van der Waals surface area contributed by atoms with Crippen molar-refractivity contribution in [3.8, 4) is 11.4 Å². The molecule has 0 fully saturated rings. The predicted octanol–water partition coefficient (Wildman–Crippen LogP) is 3.41.